The van der Waals surface area contributed by atoms with Crippen LogP contribution in [0.5, 0.6) is 0 Å². The van der Waals surface area contributed by atoms with Gasteiger partial charge in [0.15, 0.2) is 0 Å². The average molecular weight is 493 g/mol. The first kappa shape index (κ1) is 22.9. The van der Waals surface area contributed by atoms with Gasteiger partial charge >= 0.3 is 0 Å². The number of hydrogen-bond donors (Lipinski definition) is 0. The van der Waals surface area contributed by atoms with Crippen molar-refractivity contribution in [3.05, 3.63) is 128 Å². The highest BCUT2D eigenvalue weighted by Crippen LogP contribution is 2.34. The highest BCUT2D eigenvalue weighted by atomic mass is 19.1. The summed E-state index contributed by atoms with van der Waals surface area (Å²) in [6.45, 7) is 2.62. The number of aliphatic imine (C=N–C) groups is 1. The topological polar surface area (TPSA) is 61.3 Å². The molecule has 0 saturated carbocycles. The summed E-state index contributed by atoms with van der Waals surface area (Å²) in [4.78, 5) is 31.7. The highest BCUT2D eigenvalue weighted by Gasteiger charge is 2.22. The van der Waals surface area contributed by atoms with Crippen molar-refractivity contribution in [1.82, 2.24) is 13.9 Å². The molecule has 0 amide bonds. The smallest absolute Gasteiger partial charge is 0.281 e. The molecule has 0 radical (unpaired) electrons. The van der Waals surface area contributed by atoms with E-state index in [9.17, 15) is 14.0 Å². The number of nitrogens with zero attached hydrogens (tertiary/aromatic N) is 4. The van der Waals surface area contributed by atoms with E-state index in [-0.39, 0.29) is 22.9 Å². The number of para-hydroxylation sites is 2. The predicted molar refractivity (Wildman–Crippen MR) is 144 cm³/mol. The summed E-state index contributed by atoms with van der Waals surface area (Å²) in [5.74, 6) is -0.197. The third kappa shape index (κ3) is 4.02. The van der Waals surface area contributed by atoms with Gasteiger partial charge in [0.1, 0.15) is 5.82 Å². The van der Waals surface area contributed by atoms with Crippen LogP contribution in [-0.4, -0.2) is 20.1 Å². The SMILES string of the molecule is Cc1c2c(=O)n(-c3ccccc3)n(Cc3ccc(F)cc3)c2cc(=O)n1CCC1C=Nc2ccccc21. The van der Waals surface area contributed by atoms with Gasteiger partial charge in [-0.25, -0.2) is 9.07 Å². The van der Waals surface area contributed by atoms with E-state index in [4.69, 9.17) is 0 Å². The van der Waals surface area contributed by atoms with Crippen molar-refractivity contribution < 1.29 is 4.39 Å². The lowest BCUT2D eigenvalue weighted by molar-refractivity contribution is 0.596. The van der Waals surface area contributed by atoms with E-state index in [2.05, 4.69) is 11.1 Å². The Balaban J connectivity index is 1.46. The molecule has 3 aromatic carbocycles. The van der Waals surface area contributed by atoms with Gasteiger partial charge in [0.25, 0.3) is 11.1 Å². The molecule has 0 bridgehead atoms. The summed E-state index contributed by atoms with van der Waals surface area (Å²) in [5.41, 5.74) is 4.49. The van der Waals surface area contributed by atoms with Crippen LogP contribution in [0.25, 0.3) is 16.6 Å². The van der Waals surface area contributed by atoms with Crippen LogP contribution in [0.2, 0.25) is 0 Å². The number of aryl methyl sites for hydroxylation is 1. The fraction of sp³-hybridized carbons (Fsp3) is 0.167. The molecule has 1 aliphatic heterocycles. The largest absolute Gasteiger partial charge is 0.312 e. The molecule has 6 rings (SSSR count). The zero-order valence-electron chi connectivity index (χ0n) is 20.3. The molecular formula is C30H25FN4O2. The monoisotopic (exact) mass is 492 g/mol. The molecule has 37 heavy (non-hydrogen) atoms. The second-order valence-corrected chi connectivity index (χ2v) is 9.35. The number of benzene rings is 3. The number of halogens is 1. The third-order valence-corrected chi connectivity index (χ3v) is 7.11. The van der Waals surface area contributed by atoms with Crippen LogP contribution in [0, 0.1) is 12.7 Å². The van der Waals surface area contributed by atoms with Gasteiger partial charge < -0.3 is 4.57 Å². The van der Waals surface area contributed by atoms with Gasteiger partial charge in [0.2, 0.25) is 0 Å². The molecule has 0 N–H and O–H groups in total. The summed E-state index contributed by atoms with van der Waals surface area (Å²) in [7, 11) is 0. The summed E-state index contributed by atoms with van der Waals surface area (Å²) >= 11 is 0. The number of pyridine rings is 1. The van der Waals surface area contributed by atoms with E-state index >= 15 is 0 Å². The van der Waals surface area contributed by atoms with Gasteiger partial charge in [-0.3, -0.25) is 19.3 Å². The Morgan fingerprint density at radius 2 is 1.65 bits per heavy atom. The van der Waals surface area contributed by atoms with Crippen molar-refractivity contribution in [2.75, 3.05) is 0 Å². The van der Waals surface area contributed by atoms with Crippen LogP contribution in [0.15, 0.2) is 99.5 Å². The Kier molecular flexibility index (Phi) is 5.68. The first-order valence-corrected chi connectivity index (χ1v) is 12.3. The predicted octanol–water partition coefficient (Wildman–Crippen LogP) is 5.34. The maximum absolute atomic E-state index is 13.8. The molecule has 1 aliphatic rings. The molecule has 1 unspecified atom stereocenters. The van der Waals surface area contributed by atoms with Crippen molar-refractivity contribution >= 4 is 22.8 Å². The quantitative estimate of drug-likeness (QED) is 0.321. The zero-order chi connectivity index (χ0) is 25.5. The van der Waals surface area contributed by atoms with Gasteiger partial charge in [-0.1, -0.05) is 48.5 Å². The van der Waals surface area contributed by atoms with Crippen molar-refractivity contribution in [2.24, 2.45) is 4.99 Å². The van der Waals surface area contributed by atoms with Crippen LogP contribution >= 0.6 is 0 Å². The summed E-state index contributed by atoms with van der Waals surface area (Å²) in [6, 6.07) is 25.1. The molecule has 3 heterocycles. The second-order valence-electron chi connectivity index (χ2n) is 9.35. The van der Waals surface area contributed by atoms with Crippen LogP contribution in [0.3, 0.4) is 0 Å². The molecular weight excluding hydrogens is 467 g/mol. The van der Waals surface area contributed by atoms with Gasteiger partial charge in [-0.2, -0.15) is 0 Å². The lowest BCUT2D eigenvalue weighted by atomic mass is 9.98. The van der Waals surface area contributed by atoms with E-state index in [1.165, 1.54) is 12.1 Å². The first-order chi connectivity index (χ1) is 18.0. The Morgan fingerprint density at radius 1 is 0.919 bits per heavy atom. The number of aromatic nitrogens is 3. The zero-order valence-corrected chi connectivity index (χ0v) is 20.3. The molecule has 2 aromatic heterocycles. The molecule has 6 nitrogen and oxygen atoms in total. The lowest BCUT2D eigenvalue weighted by Gasteiger charge is -2.15. The maximum atomic E-state index is 13.8. The molecule has 5 aromatic rings. The van der Waals surface area contributed by atoms with E-state index in [0.717, 1.165) is 16.8 Å². The van der Waals surface area contributed by atoms with Gasteiger partial charge in [-0.05, 0) is 54.8 Å². The van der Waals surface area contributed by atoms with Crippen molar-refractivity contribution in [1.29, 1.82) is 0 Å². The fourth-order valence-corrected chi connectivity index (χ4v) is 5.23. The van der Waals surface area contributed by atoms with Crippen molar-refractivity contribution in [3.63, 3.8) is 0 Å². The highest BCUT2D eigenvalue weighted by molar-refractivity contribution is 5.82. The summed E-state index contributed by atoms with van der Waals surface area (Å²) in [6.07, 6.45) is 2.64. The third-order valence-electron chi connectivity index (χ3n) is 7.11. The lowest BCUT2D eigenvalue weighted by Crippen LogP contribution is -2.24. The van der Waals surface area contributed by atoms with E-state index in [1.807, 2.05) is 61.7 Å². The molecule has 0 aliphatic carbocycles. The molecule has 1 atom stereocenters. The Labute approximate surface area is 212 Å². The Morgan fingerprint density at radius 3 is 2.43 bits per heavy atom. The maximum Gasteiger partial charge on any atom is 0.281 e. The van der Waals surface area contributed by atoms with E-state index < -0.39 is 0 Å². The minimum absolute atomic E-state index is 0.127. The van der Waals surface area contributed by atoms with E-state index in [0.29, 0.717) is 41.8 Å². The van der Waals surface area contributed by atoms with Crippen LogP contribution in [-0.2, 0) is 13.1 Å². The summed E-state index contributed by atoms with van der Waals surface area (Å²) < 4.78 is 18.6. The average Bonchev–Trinajstić information content (AvgIpc) is 3.44. The number of hydrogen-bond acceptors (Lipinski definition) is 3. The first-order valence-electron chi connectivity index (χ1n) is 12.3. The second kappa shape index (κ2) is 9.17. The summed E-state index contributed by atoms with van der Waals surface area (Å²) in [5, 5.41) is 0.506. The van der Waals surface area contributed by atoms with Crippen molar-refractivity contribution in [3.8, 4) is 5.69 Å². The normalized spacial score (nSPS) is 14.4. The minimum Gasteiger partial charge on any atom is -0.312 e. The molecule has 0 saturated heterocycles. The molecule has 0 spiro atoms. The van der Waals surface area contributed by atoms with Crippen LogP contribution in [0.4, 0.5) is 10.1 Å². The van der Waals surface area contributed by atoms with Crippen LogP contribution in [0.1, 0.15) is 29.2 Å². The number of fused-ring (bicyclic) bond motifs is 2. The van der Waals surface area contributed by atoms with Crippen molar-refractivity contribution in [2.45, 2.75) is 32.4 Å². The van der Waals surface area contributed by atoms with Gasteiger partial charge in [0, 0.05) is 30.4 Å². The Hall–Kier alpha value is -4.52. The van der Waals surface area contributed by atoms with Gasteiger partial charge in [0.05, 0.1) is 28.8 Å². The fourth-order valence-electron chi connectivity index (χ4n) is 5.23. The van der Waals surface area contributed by atoms with Gasteiger partial charge in [-0.15, -0.1) is 0 Å². The van der Waals surface area contributed by atoms with Crippen LogP contribution < -0.4 is 11.1 Å². The minimum atomic E-state index is -0.324. The number of rotatable bonds is 6. The molecule has 184 valence electrons. The van der Waals surface area contributed by atoms with E-state index in [1.54, 1.807) is 32.1 Å². The molecule has 0 fully saturated rings. The molecule has 7 heteroatoms. The Bertz CT molecular complexity index is 1760. The standard InChI is InChI=1S/C30H25FN4O2/c1-20-29-27(17-28(36)33(20)16-15-22-18-32-26-10-6-5-9-25(22)26)34(19-21-11-13-23(31)14-12-21)35(30(29)37)24-7-3-2-4-8-24/h2-14,17-18,22H,15-16,19H2,1H3.